The third kappa shape index (κ3) is 3.64. The summed E-state index contributed by atoms with van der Waals surface area (Å²) >= 11 is 3.60. The van der Waals surface area contributed by atoms with E-state index >= 15 is 0 Å². The molecule has 0 amide bonds. The van der Waals surface area contributed by atoms with Crippen molar-refractivity contribution in [2.45, 2.75) is 46.2 Å². The predicted octanol–water partition coefficient (Wildman–Crippen LogP) is 4.10. The quantitative estimate of drug-likeness (QED) is 0.912. The maximum Gasteiger partial charge on any atom is 0.107 e. The monoisotopic (exact) mass is 280 g/mol. The molecule has 0 saturated carbocycles. The largest absolute Gasteiger partial charge is 0.306 e. The molecule has 18 heavy (non-hydrogen) atoms. The minimum absolute atomic E-state index is 0.152. The normalized spacial score (nSPS) is 12.0. The smallest absolute Gasteiger partial charge is 0.107 e. The molecule has 1 N–H and O–H groups in total. The molecule has 2 rings (SSSR count). The molecule has 2 aromatic heterocycles. The summed E-state index contributed by atoms with van der Waals surface area (Å²) in [7, 11) is 0. The Kier molecular flexibility index (Phi) is 4.20. The summed E-state index contributed by atoms with van der Waals surface area (Å²) in [5.74, 6) is 0. The Morgan fingerprint density at radius 3 is 2.56 bits per heavy atom. The molecule has 0 unspecified atom stereocenters. The van der Waals surface area contributed by atoms with E-state index in [-0.39, 0.29) is 5.41 Å². The molecule has 0 aromatic carbocycles. The molecule has 0 aliphatic heterocycles. The van der Waals surface area contributed by atoms with E-state index < -0.39 is 0 Å². The highest BCUT2D eigenvalue weighted by atomic mass is 32.1. The van der Waals surface area contributed by atoms with Crippen molar-refractivity contribution >= 4 is 22.7 Å². The number of aryl methyl sites for hydroxylation is 1. The molecule has 0 spiro atoms. The third-order valence-electron chi connectivity index (χ3n) is 2.69. The van der Waals surface area contributed by atoms with Crippen LogP contribution in [0.3, 0.4) is 0 Å². The lowest BCUT2D eigenvalue weighted by molar-refractivity contribution is 0.568. The van der Waals surface area contributed by atoms with E-state index in [0.29, 0.717) is 0 Å². The van der Waals surface area contributed by atoms with Crippen molar-refractivity contribution in [3.8, 4) is 0 Å². The first-order valence-electron chi connectivity index (χ1n) is 6.16. The van der Waals surface area contributed by atoms with Crippen LogP contribution in [-0.4, -0.2) is 4.98 Å². The summed E-state index contributed by atoms with van der Waals surface area (Å²) in [5, 5.41) is 6.80. The van der Waals surface area contributed by atoms with Gasteiger partial charge in [0.15, 0.2) is 0 Å². The molecule has 98 valence electrons. The van der Waals surface area contributed by atoms with Gasteiger partial charge in [0, 0.05) is 33.6 Å². The number of hydrogen-bond acceptors (Lipinski definition) is 4. The molecule has 0 aliphatic carbocycles. The second kappa shape index (κ2) is 5.51. The Morgan fingerprint density at radius 2 is 2.00 bits per heavy atom. The number of nitrogens with one attached hydrogen (secondary N) is 1. The second-order valence-electron chi connectivity index (χ2n) is 5.49. The van der Waals surface area contributed by atoms with Crippen LogP contribution in [0, 0.1) is 6.92 Å². The molecular formula is C14H20N2S2. The molecule has 0 aliphatic rings. The van der Waals surface area contributed by atoms with Gasteiger partial charge in [-0.1, -0.05) is 20.8 Å². The second-order valence-corrected chi connectivity index (χ2v) is 7.81. The average molecular weight is 280 g/mol. The minimum Gasteiger partial charge on any atom is -0.306 e. The first-order valence-corrected chi connectivity index (χ1v) is 7.86. The van der Waals surface area contributed by atoms with Gasteiger partial charge in [0.1, 0.15) is 5.01 Å². The fourth-order valence-electron chi connectivity index (χ4n) is 1.61. The van der Waals surface area contributed by atoms with Crippen molar-refractivity contribution < 1.29 is 0 Å². The molecule has 4 heteroatoms. The van der Waals surface area contributed by atoms with E-state index in [1.807, 2.05) is 11.3 Å². The van der Waals surface area contributed by atoms with Gasteiger partial charge in [-0.2, -0.15) is 0 Å². The van der Waals surface area contributed by atoms with E-state index in [1.165, 1.54) is 20.5 Å². The molecule has 0 radical (unpaired) electrons. The van der Waals surface area contributed by atoms with Crippen LogP contribution in [0.25, 0.3) is 0 Å². The van der Waals surface area contributed by atoms with Crippen molar-refractivity contribution in [3.05, 3.63) is 38.0 Å². The van der Waals surface area contributed by atoms with Crippen LogP contribution in [0.4, 0.5) is 0 Å². The number of aromatic nitrogens is 1. The summed E-state index contributed by atoms with van der Waals surface area (Å²) in [5.41, 5.74) is 1.34. The van der Waals surface area contributed by atoms with Crippen LogP contribution in [0.15, 0.2) is 17.5 Å². The SMILES string of the molecule is Cc1ccc(CNCc2nc(C(C)(C)C)cs2)s1. The Balaban J connectivity index is 1.85. The van der Waals surface area contributed by atoms with E-state index in [2.05, 4.69) is 55.5 Å². The van der Waals surface area contributed by atoms with E-state index in [9.17, 15) is 0 Å². The van der Waals surface area contributed by atoms with Gasteiger partial charge in [-0.15, -0.1) is 22.7 Å². The van der Waals surface area contributed by atoms with Crippen LogP contribution in [0.2, 0.25) is 0 Å². The summed E-state index contributed by atoms with van der Waals surface area (Å²) < 4.78 is 0. The Bertz CT molecular complexity index is 506. The zero-order valence-electron chi connectivity index (χ0n) is 11.4. The molecule has 0 atom stereocenters. The number of hydrogen-bond donors (Lipinski definition) is 1. The number of nitrogens with zero attached hydrogens (tertiary/aromatic N) is 1. The van der Waals surface area contributed by atoms with Crippen molar-refractivity contribution in [1.29, 1.82) is 0 Å². The first-order chi connectivity index (χ1) is 8.45. The molecule has 2 heterocycles. The Hall–Kier alpha value is -0.710. The minimum atomic E-state index is 0.152. The molecular weight excluding hydrogens is 260 g/mol. The number of thiophene rings is 1. The van der Waals surface area contributed by atoms with Gasteiger partial charge < -0.3 is 5.32 Å². The van der Waals surface area contributed by atoms with Crippen molar-refractivity contribution in [3.63, 3.8) is 0 Å². The van der Waals surface area contributed by atoms with Crippen LogP contribution < -0.4 is 5.32 Å². The zero-order chi connectivity index (χ0) is 13.2. The fourth-order valence-corrected chi connectivity index (χ4v) is 3.46. The standard InChI is InChI=1S/C14H20N2S2/c1-10-5-6-11(18-10)7-15-8-13-16-12(9-17-13)14(2,3)4/h5-6,9,15H,7-8H2,1-4H3. The Morgan fingerprint density at radius 1 is 1.22 bits per heavy atom. The number of rotatable bonds is 4. The van der Waals surface area contributed by atoms with Crippen molar-refractivity contribution in [2.75, 3.05) is 0 Å². The lowest BCUT2D eigenvalue weighted by atomic mass is 9.93. The van der Waals surface area contributed by atoms with Crippen molar-refractivity contribution in [1.82, 2.24) is 10.3 Å². The van der Waals surface area contributed by atoms with E-state index in [4.69, 9.17) is 0 Å². The molecule has 0 saturated heterocycles. The average Bonchev–Trinajstić information content (AvgIpc) is 2.87. The van der Waals surface area contributed by atoms with Gasteiger partial charge in [0.25, 0.3) is 0 Å². The predicted molar refractivity (Wildman–Crippen MR) is 80.4 cm³/mol. The van der Waals surface area contributed by atoms with Gasteiger partial charge in [-0.25, -0.2) is 4.98 Å². The highest BCUT2D eigenvalue weighted by Crippen LogP contribution is 2.23. The molecule has 2 aromatic rings. The summed E-state index contributed by atoms with van der Waals surface area (Å²) in [6.45, 7) is 10.5. The third-order valence-corrected chi connectivity index (χ3v) is 4.54. The summed E-state index contributed by atoms with van der Waals surface area (Å²) in [6.07, 6.45) is 0. The van der Waals surface area contributed by atoms with Gasteiger partial charge in [-0.05, 0) is 19.1 Å². The van der Waals surface area contributed by atoms with Crippen molar-refractivity contribution in [2.24, 2.45) is 0 Å². The van der Waals surface area contributed by atoms with Crippen LogP contribution >= 0.6 is 22.7 Å². The van der Waals surface area contributed by atoms with Crippen LogP contribution in [0.5, 0.6) is 0 Å². The van der Waals surface area contributed by atoms with Gasteiger partial charge in [0.05, 0.1) is 5.69 Å². The number of thiazole rings is 1. The lowest BCUT2D eigenvalue weighted by Gasteiger charge is -2.14. The van der Waals surface area contributed by atoms with Gasteiger partial charge in [-0.3, -0.25) is 0 Å². The van der Waals surface area contributed by atoms with E-state index in [1.54, 1.807) is 11.3 Å². The zero-order valence-corrected chi connectivity index (χ0v) is 13.0. The molecule has 0 bridgehead atoms. The van der Waals surface area contributed by atoms with Gasteiger partial charge >= 0.3 is 0 Å². The lowest BCUT2D eigenvalue weighted by Crippen LogP contribution is -2.14. The summed E-state index contributed by atoms with van der Waals surface area (Å²) in [4.78, 5) is 7.44. The maximum atomic E-state index is 4.68. The highest BCUT2D eigenvalue weighted by Gasteiger charge is 2.17. The maximum absolute atomic E-state index is 4.68. The van der Waals surface area contributed by atoms with Crippen LogP contribution in [-0.2, 0) is 18.5 Å². The molecule has 2 nitrogen and oxygen atoms in total. The first kappa shape index (κ1) is 13.7. The van der Waals surface area contributed by atoms with E-state index in [0.717, 1.165) is 13.1 Å². The van der Waals surface area contributed by atoms with Crippen LogP contribution in [0.1, 0.15) is 41.2 Å². The fraction of sp³-hybridized carbons (Fsp3) is 0.500. The topological polar surface area (TPSA) is 24.9 Å². The summed E-state index contributed by atoms with van der Waals surface area (Å²) in [6, 6.07) is 4.36. The Labute approximate surface area is 117 Å². The molecule has 0 fully saturated rings. The van der Waals surface area contributed by atoms with Gasteiger partial charge in [0.2, 0.25) is 0 Å². The highest BCUT2D eigenvalue weighted by molar-refractivity contribution is 7.11.